The number of rotatable bonds is 7. The Balaban J connectivity index is 2.21. The summed E-state index contributed by atoms with van der Waals surface area (Å²) in [5, 5.41) is 9.40. The molecule has 0 amide bonds. The first kappa shape index (κ1) is 23.0. The first-order chi connectivity index (χ1) is 14.0. The number of benzene rings is 1. The van der Waals surface area contributed by atoms with Crippen LogP contribution in [0.1, 0.15) is 48.1 Å². The second-order valence-electron chi connectivity index (χ2n) is 7.54. The maximum atomic E-state index is 13.4. The normalized spacial score (nSPS) is 12.6. The van der Waals surface area contributed by atoms with Gasteiger partial charge >= 0.3 is 5.97 Å². The quantitative estimate of drug-likeness (QED) is 0.283. The molecule has 1 atom stereocenters. The maximum absolute atomic E-state index is 13.4. The zero-order valence-corrected chi connectivity index (χ0v) is 17.6. The number of Topliss-reactive ketones (excluding diaryl/α,β-unsaturated/α-hetero) is 1. The molecule has 1 aromatic carbocycles. The van der Waals surface area contributed by atoms with Gasteiger partial charge in [-0.05, 0) is 62.6 Å². The highest BCUT2D eigenvalue weighted by Gasteiger charge is 2.23. The summed E-state index contributed by atoms with van der Waals surface area (Å²) in [6.45, 7) is 10.1. The Hall–Kier alpha value is -3.27. The van der Waals surface area contributed by atoms with Gasteiger partial charge in [0.1, 0.15) is 11.6 Å². The van der Waals surface area contributed by atoms with E-state index in [9.17, 15) is 23.6 Å². The van der Waals surface area contributed by atoms with Crippen molar-refractivity contribution in [1.82, 2.24) is 4.57 Å². The number of ether oxygens (including phenoxy) is 1. The number of ketones is 1. The van der Waals surface area contributed by atoms with Crippen LogP contribution in [0.15, 0.2) is 29.8 Å². The maximum Gasteiger partial charge on any atom is 0.349 e. The lowest BCUT2D eigenvalue weighted by Gasteiger charge is -2.13. The molecular formula is C23H24F2N2O3. The van der Waals surface area contributed by atoms with E-state index >= 15 is 0 Å². The largest absolute Gasteiger partial charge is 0.450 e. The van der Waals surface area contributed by atoms with Crippen molar-refractivity contribution in [2.24, 2.45) is 5.92 Å². The highest BCUT2D eigenvalue weighted by Crippen LogP contribution is 2.20. The number of hydrogen-bond donors (Lipinski definition) is 0. The molecule has 0 fully saturated rings. The summed E-state index contributed by atoms with van der Waals surface area (Å²) in [6.07, 6.45) is 0.156. The molecule has 158 valence electrons. The van der Waals surface area contributed by atoms with Crippen molar-refractivity contribution >= 4 is 17.8 Å². The van der Waals surface area contributed by atoms with Gasteiger partial charge in [-0.25, -0.2) is 13.6 Å². The molecule has 0 bridgehead atoms. The lowest BCUT2D eigenvalue weighted by molar-refractivity contribution is -0.141. The number of carbonyl (C=O) groups excluding carboxylic acids is 2. The van der Waals surface area contributed by atoms with Crippen molar-refractivity contribution < 1.29 is 23.1 Å². The number of aryl methyl sites for hydroxylation is 1. The fraction of sp³-hybridized carbons (Fsp3) is 0.348. The van der Waals surface area contributed by atoms with Gasteiger partial charge in [0.15, 0.2) is 17.7 Å². The topological polar surface area (TPSA) is 72.1 Å². The van der Waals surface area contributed by atoms with Gasteiger partial charge in [0.2, 0.25) is 5.78 Å². The Labute approximate surface area is 174 Å². The van der Waals surface area contributed by atoms with Gasteiger partial charge in [-0.1, -0.05) is 13.8 Å². The lowest BCUT2D eigenvalue weighted by Crippen LogP contribution is -2.25. The van der Waals surface area contributed by atoms with Crippen LogP contribution < -0.4 is 0 Å². The molecule has 0 aliphatic rings. The molecule has 0 saturated carbocycles. The molecule has 1 heterocycles. The Morgan fingerprint density at radius 3 is 2.40 bits per heavy atom. The van der Waals surface area contributed by atoms with E-state index in [0.717, 1.165) is 36.1 Å². The summed E-state index contributed by atoms with van der Waals surface area (Å²) in [5.41, 5.74) is 2.23. The third-order valence-electron chi connectivity index (χ3n) is 4.66. The number of hydrogen-bond acceptors (Lipinski definition) is 4. The molecule has 30 heavy (non-hydrogen) atoms. The van der Waals surface area contributed by atoms with E-state index in [0.29, 0.717) is 11.5 Å². The van der Waals surface area contributed by atoms with Gasteiger partial charge in [0.25, 0.3) is 0 Å². The molecule has 0 N–H and O–H groups in total. The van der Waals surface area contributed by atoms with Crippen molar-refractivity contribution in [3.05, 3.63) is 64.0 Å². The van der Waals surface area contributed by atoms with Crippen molar-refractivity contribution in [2.45, 2.75) is 47.3 Å². The van der Waals surface area contributed by atoms with E-state index in [1.54, 1.807) is 6.07 Å². The SMILES string of the molecule is Cc1cc(/C=C(\C#N)C(=O)OC(C)C(=O)c2ccc(F)c(F)c2)c(C)n1CC(C)C. The van der Waals surface area contributed by atoms with E-state index < -0.39 is 29.5 Å². The van der Waals surface area contributed by atoms with Gasteiger partial charge < -0.3 is 9.30 Å². The number of nitrogens with zero attached hydrogens (tertiary/aromatic N) is 2. The fourth-order valence-corrected chi connectivity index (χ4v) is 3.07. The molecular weight excluding hydrogens is 390 g/mol. The van der Waals surface area contributed by atoms with Crippen LogP contribution in [0.4, 0.5) is 8.78 Å². The minimum atomic E-state index is -1.27. The lowest BCUT2D eigenvalue weighted by atomic mass is 10.1. The van der Waals surface area contributed by atoms with E-state index in [4.69, 9.17) is 4.74 Å². The molecule has 1 unspecified atom stereocenters. The molecule has 2 aromatic rings. The van der Waals surface area contributed by atoms with Crippen molar-refractivity contribution in [3.8, 4) is 6.07 Å². The monoisotopic (exact) mass is 414 g/mol. The van der Waals surface area contributed by atoms with Crippen LogP contribution in [0.3, 0.4) is 0 Å². The van der Waals surface area contributed by atoms with Crippen molar-refractivity contribution in [2.75, 3.05) is 0 Å². The van der Waals surface area contributed by atoms with E-state index in [-0.39, 0.29) is 11.1 Å². The fourth-order valence-electron chi connectivity index (χ4n) is 3.07. The molecule has 7 heteroatoms. The summed E-state index contributed by atoms with van der Waals surface area (Å²) in [4.78, 5) is 24.8. The van der Waals surface area contributed by atoms with Gasteiger partial charge in [-0.15, -0.1) is 0 Å². The molecule has 0 spiro atoms. The smallest absolute Gasteiger partial charge is 0.349 e. The highest BCUT2D eigenvalue weighted by molar-refractivity contribution is 6.03. The van der Waals surface area contributed by atoms with Crippen LogP contribution in [0.25, 0.3) is 6.08 Å². The van der Waals surface area contributed by atoms with Crippen molar-refractivity contribution in [1.29, 1.82) is 5.26 Å². The van der Waals surface area contributed by atoms with E-state index in [2.05, 4.69) is 18.4 Å². The minimum Gasteiger partial charge on any atom is -0.450 e. The third kappa shape index (κ3) is 5.20. The van der Waals surface area contributed by atoms with Gasteiger partial charge in [0, 0.05) is 23.5 Å². The van der Waals surface area contributed by atoms with Crippen LogP contribution >= 0.6 is 0 Å². The zero-order valence-electron chi connectivity index (χ0n) is 17.6. The molecule has 0 aliphatic heterocycles. The zero-order chi connectivity index (χ0) is 22.6. The summed E-state index contributed by atoms with van der Waals surface area (Å²) in [5.74, 6) is -3.49. The average Bonchev–Trinajstić information content (AvgIpc) is 2.94. The van der Waals surface area contributed by atoms with Crippen LogP contribution in [-0.2, 0) is 16.1 Å². The third-order valence-corrected chi connectivity index (χ3v) is 4.66. The summed E-state index contributed by atoms with van der Waals surface area (Å²) < 4.78 is 33.6. The number of esters is 1. The Kier molecular flexibility index (Phi) is 7.28. The standard InChI is InChI=1S/C23H24F2N2O3/c1-13(2)12-27-14(3)8-18(15(27)4)9-19(11-26)23(29)30-16(5)22(28)17-6-7-20(24)21(25)10-17/h6-10,13,16H,12H2,1-5H3/b19-9+. The summed E-state index contributed by atoms with van der Waals surface area (Å²) in [6, 6.07) is 6.35. The van der Waals surface area contributed by atoms with Crippen LogP contribution in [0.5, 0.6) is 0 Å². The predicted molar refractivity (Wildman–Crippen MR) is 109 cm³/mol. The molecule has 0 saturated heterocycles. The van der Waals surface area contributed by atoms with E-state index in [1.165, 1.54) is 13.0 Å². The second kappa shape index (κ2) is 9.49. The molecule has 5 nitrogen and oxygen atoms in total. The predicted octanol–water partition coefficient (Wildman–Crippen LogP) is 4.76. The number of nitriles is 1. The Bertz CT molecular complexity index is 1050. The molecule has 0 aliphatic carbocycles. The van der Waals surface area contributed by atoms with Crippen LogP contribution in [0.2, 0.25) is 0 Å². The molecule has 0 radical (unpaired) electrons. The Morgan fingerprint density at radius 1 is 1.17 bits per heavy atom. The highest BCUT2D eigenvalue weighted by atomic mass is 19.2. The summed E-state index contributed by atoms with van der Waals surface area (Å²) in [7, 11) is 0. The number of halogens is 2. The Morgan fingerprint density at radius 2 is 1.83 bits per heavy atom. The van der Waals surface area contributed by atoms with Gasteiger partial charge in [0.05, 0.1) is 0 Å². The van der Waals surface area contributed by atoms with Gasteiger partial charge in [-0.2, -0.15) is 5.26 Å². The minimum absolute atomic E-state index is 0.131. The van der Waals surface area contributed by atoms with Crippen LogP contribution in [-0.4, -0.2) is 22.4 Å². The first-order valence-corrected chi connectivity index (χ1v) is 9.53. The number of carbonyl (C=O) groups is 2. The van der Waals surface area contributed by atoms with Crippen LogP contribution in [0, 0.1) is 42.7 Å². The van der Waals surface area contributed by atoms with E-state index in [1.807, 2.05) is 19.9 Å². The number of aromatic nitrogens is 1. The average molecular weight is 414 g/mol. The molecule has 1 aromatic heterocycles. The summed E-state index contributed by atoms with van der Waals surface area (Å²) >= 11 is 0. The van der Waals surface area contributed by atoms with Gasteiger partial charge in [-0.3, -0.25) is 4.79 Å². The second-order valence-corrected chi connectivity index (χ2v) is 7.54. The molecule has 2 rings (SSSR count). The first-order valence-electron chi connectivity index (χ1n) is 9.53. The van der Waals surface area contributed by atoms with Crippen molar-refractivity contribution in [3.63, 3.8) is 0 Å².